The van der Waals surface area contributed by atoms with E-state index in [9.17, 15) is 41.7 Å². The molecule has 21 nitrogen and oxygen atoms in total. The van der Waals surface area contributed by atoms with Gasteiger partial charge >= 0.3 is 34.6 Å². The molecule has 0 bridgehead atoms. The maximum atomic E-state index is 13.8. The minimum atomic E-state index is -5.18. The van der Waals surface area contributed by atoms with E-state index in [4.69, 9.17) is 23.8 Å². The molecule has 4 N–H and O–H groups in total. The van der Waals surface area contributed by atoms with Crippen LogP contribution in [-0.2, 0) is 48.5 Å². The lowest BCUT2D eigenvalue weighted by molar-refractivity contribution is -0.179. The number of carbonyl (C=O) groups excluding carboxylic acids is 6. The second-order valence-electron chi connectivity index (χ2n) is 15.6. The molecule has 2 fully saturated rings. The van der Waals surface area contributed by atoms with Crippen molar-refractivity contribution in [3.63, 3.8) is 0 Å². The Bertz CT molecular complexity index is 1770. The number of nitrogens with one attached hydrogen (secondary N) is 3. The summed E-state index contributed by atoms with van der Waals surface area (Å²) < 4.78 is 55.3. The molecule has 0 spiro atoms. The van der Waals surface area contributed by atoms with Crippen LogP contribution in [0.15, 0.2) is 10.5 Å². The highest BCUT2D eigenvalue weighted by Crippen LogP contribution is 2.27. The van der Waals surface area contributed by atoms with Gasteiger partial charge in [0.25, 0.3) is 11.8 Å². The number of β-lactam (4-membered cyclic amide) rings is 1. The van der Waals surface area contributed by atoms with Crippen molar-refractivity contribution in [3.05, 3.63) is 11.1 Å². The summed E-state index contributed by atoms with van der Waals surface area (Å²) in [4.78, 5) is 87.5. The van der Waals surface area contributed by atoms with Gasteiger partial charge in [-0.15, -0.1) is 11.3 Å². The van der Waals surface area contributed by atoms with Crippen molar-refractivity contribution in [3.8, 4) is 0 Å². The molecule has 5 amide bonds. The third-order valence-corrected chi connectivity index (χ3v) is 8.47. The molecule has 3 heterocycles. The van der Waals surface area contributed by atoms with E-state index in [1.54, 1.807) is 62.3 Å². The van der Waals surface area contributed by atoms with E-state index in [1.165, 1.54) is 19.2 Å². The molecule has 23 heteroatoms. The van der Waals surface area contributed by atoms with Crippen LogP contribution in [-0.4, -0.2) is 129 Å². The van der Waals surface area contributed by atoms with Crippen molar-refractivity contribution < 1.29 is 65.5 Å². The molecule has 0 unspecified atom stereocenters. The van der Waals surface area contributed by atoms with Crippen LogP contribution in [0.25, 0.3) is 0 Å². The van der Waals surface area contributed by atoms with Crippen molar-refractivity contribution in [1.82, 2.24) is 24.8 Å². The zero-order valence-corrected chi connectivity index (χ0v) is 33.4. The van der Waals surface area contributed by atoms with Crippen molar-refractivity contribution in [2.75, 3.05) is 25.0 Å². The van der Waals surface area contributed by atoms with E-state index in [-0.39, 0.29) is 28.2 Å². The molecule has 2 aliphatic rings. The average molecular weight is 806 g/mol. The van der Waals surface area contributed by atoms with Crippen molar-refractivity contribution >= 4 is 68.5 Å². The highest BCUT2D eigenvalue weighted by atomic mass is 32.2. The summed E-state index contributed by atoms with van der Waals surface area (Å²) in [5.41, 5.74) is -5.14. The van der Waals surface area contributed by atoms with Gasteiger partial charge in [0.1, 0.15) is 34.6 Å². The second kappa shape index (κ2) is 15.9. The predicted molar refractivity (Wildman–Crippen MR) is 190 cm³/mol. The zero-order chi connectivity index (χ0) is 41.2. The Morgan fingerprint density at radius 2 is 1.54 bits per heavy atom. The summed E-state index contributed by atoms with van der Waals surface area (Å²) in [7, 11) is -5.18. The Hall–Kier alpha value is -4.77. The van der Waals surface area contributed by atoms with E-state index in [1.807, 2.05) is 0 Å². The lowest BCUT2D eigenvalue weighted by Crippen LogP contribution is -2.74. The third kappa shape index (κ3) is 12.4. The van der Waals surface area contributed by atoms with E-state index >= 15 is 0 Å². The molecule has 0 saturated carbocycles. The number of anilines is 1. The number of esters is 1. The molecule has 0 radical (unpaired) electrons. The molecule has 54 heavy (non-hydrogen) atoms. The number of hydrogen-bond acceptors (Lipinski definition) is 16. The van der Waals surface area contributed by atoms with Crippen LogP contribution in [0.5, 0.6) is 0 Å². The van der Waals surface area contributed by atoms with Gasteiger partial charge in [-0.1, -0.05) is 5.16 Å². The number of oxime groups is 1. The van der Waals surface area contributed by atoms with Crippen LogP contribution in [0.2, 0.25) is 0 Å². The average Bonchev–Trinajstić information content (AvgIpc) is 3.56. The summed E-state index contributed by atoms with van der Waals surface area (Å²) in [6.07, 6.45) is -3.46. The highest BCUT2D eigenvalue weighted by molar-refractivity contribution is 7.84. The maximum Gasteiger partial charge on any atom is 0.413 e. The van der Waals surface area contributed by atoms with Crippen molar-refractivity contribution in [1.29, 1.82) is 0 Å². The predicted octanol–water partition coefficient (Wildman–Crippen LogP) is 2.18. The van der Waals surface area contributed by atoms with Crippen molar-refractivity contribution in [2.45, 2.75) is 117 Å². The molecule has 3 rings (SSSR count). The van der Waals surface area contributed by atoms with Gasteiger partial charge in [0, 0.05) is 11.9 Å². The molecule has 302 valence electrons. The summed E-state index contributed by atoms with van der Waals surface area (Å²) in [5.74, 6) is -3.27. The summed E-state index contributed by atoms with van der Waals surface area (Å²) in [5, 5.41) is 12.3. The molecule has 0 aliphatic carbocycles. The van der Waals surface area contributed by atoms with Gasteiger partial charge in [0.15, 0.2) is 10.8 Å². The van der Waals surface area contributed by atoms with Crippen LogP contribution in [0.1, 0.15) is 81.9 Å². The van der Waals surface area contributed by atoms with Gasteiger partial charge in [-0.25, -0.2) is 28.5 Å². The van der Waals surface area contributed by atoms with E-state index < -0.39 is 99.2 Å². The fraction of sp³-hybridized carbons (Fsp3) is 0.677. The summed E-state index contributed by atoms with van der Waals surface area (Å²) in [6.45, 7) is 16.5. The molecule has 0 aromatic carbocycles. The number of hydrogen-bond donors (Lipinski definition) is 4. The van der Waals surface area contributed by atoms with Gasteiger partial charge in [-0.05, 0) is 76.2 Å². The van der Waals surface area contributed by atoms with Gasteiger partial charge in [-0.3, -0.25) is 19.5 Å². The molecule has 1 aromatic rings. The van der Waals surface area contributed by atoms with Crippen LogP contribution >= 0.6 is 11.3 Å². The quantitative estimate of drug-likeness (QED) is 0.0589. The Morgan fingerprint density at radius 1 is 0.963 bits per heavy atom. The monoisotopic (exact) mass is 805 g/mol. The van der Waals surface area contributed by atoms with Crippen LogP contribution in [0.4, 0.5) is 19.5 Å². The minimum Gasteiger partial charge on any atom is -0.457 e. The number of thiazole rings is 1. The summed E-state index contributed by atoms with van der Waals surface area (Å²) in [6, 6.07) is -3.20. The maximum absolute atomic E-state index is 13.8. The van der Waals surface area contributed by atoms with Crippen LogP contribution in [0.3, 0.4) is 0 Å². The smallest absolute Gasteiger partial charge is 0.413 e. The van der Waals surface area contributed by atoms with E-state index in [0.717, 1.165) is 16.2 Å². The van der Waals surface area contributed by atoms with Gasteiger partial charge in [-0.2, -0.15) is 8.42 Å². The Balaban J connectivity index is 1.87. The fourth-order valence-corrected chi connectivity index (χ4v) is 6.10. The van der Waals surface area contributed by atoms with Crippen LogP contribution < -0.4 is 16.0 Å². The van der Waals surface area contributed by atoms with Gasteiger partial charge < -0.3 is 39.3 Å². The van der Waals surface area contributed by atoms with Gasteiger partial charge in [0.2, 0.25) is 5.60 Å². The molecule has 2 aliphatic heterocycles. The number of nitrogens with zero attached hydrogens (tertiary/aromatic N) is 4. The molecular formula is C31H47N7O14S2. The number of alkyl carbamates (subject to hydrolysis) is 1. The first-order valence-corrected chi connectivity index (χ1v) is 18.7. The lowest BCUT2D eigenvalue weighted by Gasteiger charge is -2.45. The fourth-order valence-electron chi connectivity index (χ4n) is 4.55. The van der Waals surface area contributed by atoms with Crippen molar-refractivity contribution in [2.24, 2.45) is 5.16 Å². The molecule has 3 atom stereocenters. The number of rotatable bonds is 12. The zero-order valence-electron chi connectivity index (χ0n) is 31.8. The topological polar surface area (TPSA) is 271 Å². The lowest BCUT2D eigenvalue weighted by atomic mass is 9.97. The highest BCUT2D eigenvalue weighted by Gasteiger charge is 2.56. The first kappa shape index (κ1) is 43.6. The number of cyclic esters (lactones) is 1. The SMILES string of the molecule is CC(C)(C)OC(=O)NC[C@@H]1CN(C[C@@H]2[C@H](NC(=O)C(=NOC(C)(C)C(=O)OC(C)(C)C)c3csc(NC(=O)OC(C)(C)C)n3)C(=O)N2S(=O)(=O)O)C(=O)O1. The molecule has 1 aromatic heterocycles. The Labute approximate surface area is 316 Å². The first-order chi connectivity index (χ1) is 24.5. The van der Waals surface area contributed by atoms with Crippen LogP contribution in [0, 0.1) is 0 Å². The van der Waals surface area contributed by atoms with E-state index in [0.29, 0.717) is 0 Å². The standard InChI is InChI=1S/C31H47N7O14S2/c1-28(2,3)49-23(41)31(10,11)52-36-19(17-15-53-24(33-17)35-26(43)51-30(7,8)9)21(39)34-20-18(38(22(20)40)54(45,46)47)14-37-13-16(48-27(37)44)12-32-25(42)50-29(4,5)6/h15-16,18,20H,12-14H2,1-11H3,(H,32,42)(H,34,39)(H,33,35,43)(H,45,46,47)/t16-,18-,20+/m1/s1. The number of amides is 5. The number of aromatic nitrogens is 1. The number of carbonyl (C=O) groups is 6. The second-order valence-corrected chi connectivity index (χ2v) is 17.8. The third-order valence-electron chi connectivity index (χ3n) is 6.76. The number of ether oxygens (including phenoxy) is 4. The minimum absolute atomic E-state index is 0.0374. The molecular weight excluding hydrogens is 759 g/mol. The molecule has 2 saturated heterocycles. The Morgan fingerprint density at radius 3 is 2.09 bits per heavy atom. The first-order valence-electron chi connectivity index (χ1n) is 16.5. The largest absolute Gasteiger partial charge is 0.457 e. The Kier molecular flexibility index (Phi) is 12.9. The summed E-state index contributed by atoms with van der Waals surface area (Å²) >= 11 is 0.860. The van der Waals surface area contributed by atoms with Gasteiger partial charge in [0.05, 0.1) is 19.1 Å². The normalized spacial score (nSPS) is 19.7. The van der Waals surface area contributed by atoms with E-state index in [2.05, 4.69) is 26.1 Å².